The predicted molar refractivity (Wildman–Crippen MR) is 81.7 cm³/mol. The van der Waals surface area contributed by atoms with E-state index in [0.717, 1.165) is 0 Å². The van der Waals surface area contributed by atoms with Crippen LogP contribution in [-0.4, -0.2) is 22.3 Å². The molecule has 0 bridgehead atoms. The number of benzene rings is 2. The van der Waals surface area contributed by atoms with Crippen LogP contribution in [0, 0.1) is 11.3 Å². The fraction of sp³-hybridized carbons (Fsp3) is 0.167. The van der Waals surface area contributed by atoms with Crippen LogP contribution in [0.1, 0.15) is 45.7 Å². The molecule has 4 nitrogen and oxygen atoms in total. The largest absolute Gasteiger partial charge is 0.382 e. The number of rotatable bonds is 4. The van der Waals surface area contributed by atoms with Gasteiger partial charge in [0.25, 0.3) is 0 Å². The lowest BCUT2D eigenvalue weighted by atomic mass is 9.94. The Morgan fingerprint density at radius 2 is 1.32 bits per heavy atom. The first-order chi connectivity index (χ1) is 10.3. The maximum Gasteiger partial charge on any atom is 0.193 e. The van der Waals surface area contributed by atoms with Crippen molar-refractivity contribution in [1.82, 2.24) is 0 Å². The highest BCUT2D eigenvalue weighted by atomic mass is 16.3. The summed E-state index contributed by atoms with van der Waals surface area (Å²) in [4.78, 5) is 24.2. The molecule has 0 aliphatic carbocycles. The second kappa shape index (κ2) is 5.92. The van der Waals surface area contributed by atoms with Crippen LogP contribution in [0.2, 0.25) is 0 Å². The van der Waals surface area contributed by atoms with Crippen LogP contribution >= 0.6 is 0 Å². The van der Waals surface area contributed by atoms with E-state index >= 15 is 0 Å². The number of nitriles is 1. The van der Waals surface area contributed by atoms with Gasteiger partial charge in [-0.3, -0.25) is 9.59 Å². The third-order valence-electron chi connectivity index (χ3n) is 3.24. The Morgan fingerprint density at radius 1 is 0.909 bits per heavy atom. The summed E-state index contributed by atoms with van der Waals surface area (Å²) in [6.45, 7) is 2.84. The SMILES string of the molecule is CC(C)(O)C(=O)c1ccc(C(=O)c2ccc(C#N)cc2)cc1. The zero-order chi connectivity index (χ0) is 16.3. The molecule has 2 aromatic rings. The van der Waals surface area contributed by atoms with Gasteiger partial charge in [0.2, 0.25) is 0 Å². The van der Waals surface area contributed by atoms with Crippen molar-refractivity contribution >= 4 is 11.6 Å². The van der Waals surface area contributed by atoms with Gasteiger partial charge >= 0.3 is 0 Å². The molecule has 0 spiro atoms. The van der Waals surface area contributed by atoms with Crippen LogP contribution in [0.5, 0.6) is 0 Å². The first-order valence-corrected chi connectivity index (χ1v) is 6.75. The first kappa shape index (κ1) is 15.6. The van der Waals surface area contributed by atoms with Gasteiger partial charge in [-0.2, -0.15) is 5.26 Å². The number of Topliss-reactive ketones (excluding diaryl/α,β-unsaturated/α-hetero) is 1. The molecular formula is C18H15NO3. The van der Waals surface area contributed by atoms with E-state index in [2.05, 4.69) is 0 Å². The second-order valence-corrected chi connectivity index (χ2v) is 5.48. The number of ketones is 2. The van der Waals surface area contributed by atoms with Crippen molar-refractivity contribution in [3.63, 3.8) is 0 Å². The number of carbonyl (C=O) groups is 2. The predicted octanol–water partition coefficient (Wildman–Crippen LogP) is 2.74. The molecule has 0 radical (unpaired) electrons. The van der Waals surface area contributed by atoms with E-state index in [1.54, 1.807) is 36.4 Å². The Morgan fingerprint density at radius 3 is 1.73 bits per heavy atom. The quantitative estimate of drug-likeness (QED) is 0.879. The minimum Gasteiger partial charge on any atom is -0.382 e. The third kappa shape index (κ3) is 3.27. The summed E-state index contributed by atoms with van der Waals surface area (Å²) in [6, 6.07) is 14.5. The molecule has 0 aliphatic rings. The van der Waals surface area contributed by atoms with Gasteiger partial charge in [-0.1, -0.05) is 24.3 Å². The fourth-order valence-corrected chi connectivity index (χ4v) is 1.99. The van der Waals surface area contributed by atoms with Gasteiger partial charge in [0.05, 0.1) is 11.6 Å². The molecule has 1 N–H and O–H groups in total. The highest BCUT2D eigenvalue weighted by Crippen LogP contribution is 2.16. The van der Waals surface area contributed by atoms with E-state index in [9.17, 15) is 14.7 Å². The van der Waals surface area contributed by atoms with E-state index in [1.165, 1.54) is 26.0 Å². The number of carbonyl (C=O) groups excluding carboxylic acids is 2. The van der Waals surface area contributed by atoms with Gasteiger partial charge in [0.1, 0.15) is 5.60 Å². The van der Waals surface area contributed by atoms with Gasteiger partial charge in [0.15, 0.2) is 11.6 Å². The lowest BCUT2D eigenvalue weighted by Crippen LogP contribution is -2.31. The lowest BCUT2D eigenvalue weighted by Gasteiger charge is -2.15. The van der Waals surface area contributed by atoms with Crippen molar-refractivity contribution in [3.8, 4) is 6.07 Å². The molecule has 110 valence electrons. The topological polar surface area (TPSA) is 78.2 Å². The minimum absolute atomic E-state index is 0.188. The molecule has 0 unspecified atom stereocenters. The summed E-state index contributed by atoms with van der Waals surface area (Å²) in [5, 5.41) is 18.4. The van der Waals surface area contributed by atoms with Crippen LogP contribution < -0.4 is 0 Å². The van der Waals surface area contributed by atoms with Crippen LogP contribution in [0.3, 0.4) is 0 Å². The van der Waals surface area contributed by atoms with Gasteiger partial charge in [-0.15, -0.1) is 0 Å². The molecule has 0 fully saturated rings. The fourth-order valence-electron chi connectivity index (χ4n) is 1.99. The Bertz CT molecular complexity index is 745. The van der Waals surface area contributed by atoms with Crippen molar-refractivity contribution < 1.29 is 14.7 Å². The standard InChI is InChI=1S/C18H15NO3/c1-18(2,22)17(21)15-9-7-14(8-10-15)16(20)13-5-3-12(11-19)4-6-13/h3-10,22H,1-2H3. The highest BCUT2D eigenvalue weighted by Gasteiger charge is 2.25. The normalized spacial score (nSPS) is 10.8. The monoisotopic (exact) mass is 293 g/mol. The Hall–Kier alpha value is -2.77. The van der Waals surface area contributed by atoms with E-state index < -0.39 is 11.4 Å². The zero-order valence-corrected chi connectivity index (χ0v) is 12.3. The number of nitrogens with zero attached hydrogens (tertiary/aromatic N) is 1. The number of aliphatic hydroxyl groups is 1. The molecule has 0 aliphatic heterocycles. The molecule has 0 saturated heterocycles. The third-order valence-corrected chi connectivity index (χ3v) is 3.24. The van der Waals surface area contributed by atoms with Crippen molar-refractivity contribution in [2.45, 2.75) is 19.4 Å². The van der Waals surface area contributed by atoms with Crippen molar-refractivity contribution in [2.75, 3.05) is 0 Å². The summed E-state index contributed by atoms with van der Waals surface area (Å²) in [6.07, 6.45) is 0. The molecule has 4 heteroatoms. The molecule has 2 rings (SSSR count). The van der Waals surface area contributed by atoms with Gasteiger partial charge in [-0.25, -0.2) is 0 Å². The molecule has 2 aromatic carbocycles. The summed E-state index contributed by atoms with van der Waals surface area (Å²) < 4.78 is 0. The van der Waals surface area contributed by atoms with Crippen molar-refractivity contribution in [1.29, 1.82) is 5.26 Å². The van der Waals surface area contributed by atoms with Gasteiger partial charge < -0.3 is 5.11 Å². The lowest BCUT2D eigenvalue weighted by molar-refractivity contribution is 0.0488. The first-order valence-electron chi connectivity index (χ1n) is 6.75. The Kier molecular flexibility index (Phi) is 4.20. The van der Waals surface area contributed by atoms with Gasteiger partial charge in [0, 0.05) is 16.7 Å². The maximum atomic E-state index is 12.3. The summed E-state index contributed by atoms with van der Waals surface area (Å²) in [5.74, 6) is -0.586. The van der Waals surface area contributed by atoms with Crippen LogP contribution in [0.4, 0.5) is 0 Å². The molecule has 0 amide bonds. The maximum absolute atomic E-state index is 12.3. The average molecular weight is 293 g/mol. The van der Waals surface area contributed by atoms with E-state index in [-0.39, 0.29) is 5.78 Å². The minimum atomic E-state index is -1.45. The molecule has 22 heavy (non-hydrogen) atoms. The summed E-state index contributed by atoms with van der Waals surface area (Å²) in [5.41, 5.74) is 0.308. The molecule has 0 saturated carbocycles. The number of hydrogen-bond donors (Lipinski definition) is 1. The summed E-state index contributed by atoms with van der Waals surface area (Å²) in [7, 11) is 0. The van der Waals surface area contributed by atoms with Crippen molar-refractivity contribution in [2.24, 2.45) is 0 Å². The van der Waals surface area contributed by atoms with Crippen molar-refractivity contribution in [3.05, 3.63) is 70.8 Å². The smallest absolute Gasteiger partial charge is 0.193 e. The van der Waals surface area contributed by atoms with E-state index in [4.69, 9.17) is 5.26 Å². The molecule has 0 atom stereocenters. The molecule has 0 aromatic heterocycles. The molecule has 0 heterocycles. The van der Waals surface area contributed by atoms with Crippen LogP contribution in [0.15, 0.2) is 48.5 Å². The molecular weight excluding hydrogens is 278 g/mol. The number of hydrogen-bond acceptors (Lipinski definition) is 4. The summed E-state index contributed by atoms with van der Waals surface area (Å²) >= 11 is 0. The van der Waals surface area contributed by atoms with E-state index in [1.807, 2.05) is 6.07 Å². The Balaban J connectivity index is 2.25. The van der Waals surface area contributed by atoms with Crippen LogP contribution in [0.25, 0.3) is 0 Å². The van der Waals surface area contributed by atoms with Gasteiger partial charge in [-0.05, 0) is 38.1 Å². The van der Waals surface area contributed by atoms with E-state index in [0.29, 0.717) is 22.3 Å². The zero-order valence-electron chi connectivity index (χ0n) is 12.3. The Labute approximate surface area is 128 Å². The van der Waals surface area contributed by atoms with Crippen LogP contribution in [-0.2, 0) is 0 Å². The highest BCUT2D eigenvalue weighted by molar-refractivity contribution is 6.10. The average Bonchev–Trinajstić information content (AvgIpc) is 2.53. The second-order valence-electron chi connectivity index (χ2n) is 5.48.